The van der Waals surface area contributed by atoms with Crippen LogP contribution in [0.25, 0.3) is 27.5 Å². The number of allylic oxidation sites excluding steroid dienone is 1. The highest BCUT2D eigenvalue weighted by Crippen LogP contribution is 2.47. The quantitative estimate of drug-likeness (QED) is 0.196. The molecule has 1 fully saturated rings. The maximum atomic E-state index is 12.9. The molecule has 1 aliphatic carbocycles. The molecule has 0 unspecified atom stereocenters. The van der Waals surface area contributed by atoms with Crippen molar-refractivity contribution in [1.29, 1.82) is 0 Å². The van der Waals surface area contributed by atoms with E-state index in [0.717, 1.165) is 44.8 Å². The van der Waals surface area contributed by atoms with Crippen LogP contribution in [0.2, 0.25) is 0 Å². The van der Waals surface area contributed by atoms with Crippen LogP contribution in [0.5, 0.6) is 0 Å². The molecule has 0 N–H and O–H groups in total. The highest BCUT2D eigenvalue weighted by Gasteiger charge is 2.42. The molecule has 0 radical (unpaired) electrons. The third-order valence-corrected chi connectivity index (χ3v) is 8.95. The second-order valence-electron chi connectivity index (χ2n) is 9.90. The Kier molecular flexibility index (Phi) is 6.25. The van der Waals surface area contributed by atoms with Gasteiger partial charge in [-0.05, 0) is 66.3 Å². The highest BCUT2D eigenvalue weighted by atomic mass is 79.9. The molecule has 2 aliphatic rings. The molecule has 0 saturated heterocycles. The molecule has 1 saturated carbocycles. The molecule has 192 valence electrons. The number of aromatic nitrogens is 1. The fraction of sp³-hybridized carbons (Fsp3) is 0.156. The third-order valence-electron chi connectivity index (χ3n) is 7.43. The summed E-state index contributed by atoms with van der Waals surface area (Å²) in [4.78, 5) is 18.5. The van der Waals surface area contributed by atoms with Gasteiger partial charge in [0.05, 0.1) is 22.2 Å². The number of thiazole rings is 1. The van der Waals surface area contributed by atoms with Gasteiger partial charge in [-0.25, -0.2) is 14.8 Å². The van der Waals surface area contributed by atoms with Crippen LogP contribution in [0.4, 0.5) is 5.13 Å². The average Bonchev–Trinajstić information content (AvgIpc) is 3.60. The molecule has 1 aliphatic heterocycles. The Bertz CT molecular complexity index is 1790. The van der Waals surface area contributed by atoms with E-state index in [0.29, 0.717) is 11.1 Å². The van der Waals surface area contributed by atoms with Crippen LogP contribution < -0.4 is 10.6 Å². The predicted molar refractivity (Wildman–Crippen MR) is 162 cm³/mol. The molecular formula is C32H24BrN3O2S. The number of anilines is 1. The lowest BCUT2D eigenvalue weighted by Gasteiger charge is -2.29. The molecule has 5 aromatic rings. The molecular weight excluding hydrogens is 570 g/mol. The van der Waals surface area contributed by atoms with Crippen molar-refractivity contribution < 1.29 is 4.42 Å². The van der Waals surface area contributed by atoms with Gasteiger partial charge in [-0.2, -0.15) is 5.10 Å². The summed E-state index contributed by atoms with van der Waals surface area (Å²) in [5.74, 6) is 0.270. The molecule has 5 nitrogen and oxygen atoms in total. The van der Waals surface area contributed by atoms with Crippen molar-refractivity contribution in [2.24, 2.45) is 11.0 Å². The van der Waals surface area contributed by atoms with E-state index in [9.17, 15) is 4.79 Å². The largest absolute Gasteiger partial charge is 0.422 e. The monoisotopic (exact) mass is 593 g/mol. The van der Waals surface area contributed by atoms with Crippen molar-refractivity contribution in [3.63, 3.8) is 0 Å². The molecule has 3 aromatic carbocycles. The van der Waals surface area contributed by atoms with Crippen LogP contribution >= 0.6 is 27.3 Å². The average molecular weight is 595 g/mol. The lowest BCUT2D eigenvalue weighted by Crippen LogP contribution is -2.27. The maximum absolute atomic E-state index is 12.9. The first-order valence-corrected chi connectivity index (χ1v) is 14.6. The minimum absolute atomic E-state index is 0.0450. The third kappa shape index (κ3) is 4.56. The zero-order valence-corrected chi connectivity index (χ0v) is 23.4. The Labute approximate surface area is 238 Å². The number of hydrazone groups is 1. The summed E-state index contributed by atoms with van der Waals surface area (Å²) in [6.07, 6.45) is 7.25. The van der Waals surface area contributed by atoms with Crippen LogP contribution in [0.1, 0.15) is 36.4 Å². The Hall–Kier alpha value is -3.81. The summed E-state index contributed by atoms with van der Waals surface area (Å²) in [5, 5.41) is 8.94. The summed E-state index contributed by atoms with van der Waals surface area (Å²) in [7, 11) is 0. The normalized spacial score (nSPS) is 19.9. The van der Waals surface area contributed by atoms with Gasteiger partial charge in [-0.3, -0.25) is 0 Å². The van der Waals surface area contributed by atoms with E-state index in [1.807, 2.05) is 30.3 Å². The fourth-order valence-electron chi connectivity index (χ4n) is 5.65. The Morgan fingerprint density at radius 2 is 1.79 bits per heavy atom. The molecule has 2 atom stereocenters. The number of halogens is 1. The molecule has 0 spiro atoms. The number of benzene rings is 3. The number of fused-ring (bicyclic) bond motifs is 2. The van der Waals surface area contributed by atoms with E-state index in [2.05, 4.69) is 75.5 Å². The van der Waals surface area contributed by atoms with E-state index in [-0.39, 0.29) is 17.6 Å². The van der Waals surface area contributed by atoms with Crippen molar-refractivity contribution in [3.8, 4) is 10.4 Å². The SMILES string of the molecule is O=c1oc2ccc(Br)cc2cc1-c1cnc(N2N=C3/C(=C/c4ccccc4)CCC[C@H]3[C@H]2c2ccccc2)s1. The molecule has 7 rings (SSSR count). The van der Waals surface area contributed by atoms with Crippen LogP contribution in [0, 0.1) is 5.92 Å². The first-order chi connectivity index (χ1) is 19.1. The Morgan fingerprint density at radius 1 is 1.00 bits per heavy atom. The van der Waals surface area contributed by atoms with Crippen LogP contribution in [0.15, 0.2) is 115 Å². The van der Waals surface area contributed by atoms with Gasteiger partial charge in [0.15, 0.2) is 0 Å². The highest BCUT2D eigenvalue weighted by molar-refractivity contribution is 9.10. The fourth-order valence-corrected chi connectivity index (χ4v) is 6.94. The minimum Gasteiger partial charge on any atom is -0.422 e. The summed E-state index contributed by atoms with van der Waals surface area (Å²) in [6, 6.07) is 28.6. The lowest BCUT2D eigenvalue weighted by atomic mass is 9.77. The van der Waals surface area contributed by atoms with E-state index >= 15 is 0 Å². The van der Waals surface area contributed by atoms with Crippen molar-refractivity contribution in [3.05, 3.63) is 123 Å². The number of rotatable bonds is 4. The van der Waals surface area contributed by atoms with Crippen molar-refractivity contribution >= 4 is 55.2 Å². The second-order valence-corrected chi connectivity index (χ2v) is 11.8. The van der Waals surface area contributed by atoms with Gasteiger partial charge in [0, 0.05) is 22.0 Å². The summed E-state index contributed by atoms with van der Waals surface area (Å²) in [5.41, 5.74) is 5.55. The zero-order chi connectivity index (χ0) is 26.3. The number of nitrogens with zero attached hydrogens (tertiary/aromatic N) is 3. The van der Waals surface area contributed by atoms with Crippen molar-refractivity contribution in [1.82, 2.24) is 4.98 Å². The van der Waals surface area contributed by atoms with Gasteiger partial charge in [-0.15, -0.1) is 0 Å². The topological polar surface area (TPSA) is 58.7 Å². The summed E-state index contributed by atoms with van der Waals surface area (Å²) < 4.78 is 6.56. The van der Waals surface area contributed by atoms with Gasteiger partial charge < -0.3 is 4.42 Å². The predicted octanol–water partition coefficient (Wildman–Crippen LogP) is 8.48. The molecule has 0 amide bonds. The van der Waals surface area contributed by atoms with Crippen LogP contribution in [-0.2, 0) is 0 Å². The van der Waals surface area contributed by atoms with Gasteiger partial charge >= 0.3 is 5.63 Å². The zero-order valence-electron chi connectivity index (χ0n) is 21.0. The van der Waals surface area contributed by atoms with Gasteiger partial charge in [0.2, 0.25) is 5.13 Å². The van der Waals surface area contributed by atoms with Crippen molar-refractivity contribution in [2.45, 2.75) is 25.3 Å². The van der Waals surface area contributed by atoms with E-state index in [1.54, 1.807) is 12.3 Å². The van der Waals surface area contributed by atoms with E-state index in [1.165, 1.54) is 28.0 Å². The standard InChI is InChI=1S/C32H24BrN3O2S/c33-24-14-15-27-23(17-24)18-26(31(37)38-27)28-19-34-32(39-28)36-30(21-10-5-2-6-11-21)25-13-7-12-22(29(25)35-36)16-20-8-3-1-4-9-20/h1-6,8-11,14-19,25,30H,7,12-13H2/b22-16+/t25-,30-/m1/s1. The molecule has 3 heterocycles. The summed E-state index contributed by atoms with van der Waals surface area (Å²) in [6.45, 7) is 0. The first-order valence-electron chi connectivity index (χ1n) is 13.0. The lowest BCUT2D eigenvalue weighted by molar-refractivity contribution is 0.487. The van der Waals surface area contributed by atoms with Crippen molar-refractivity contribution in [2.75, 3.05) is 5.01 Å². The molecule has 0 bridgehead atoms. The van der Waals surface area contributed by atoms with Gasteiger partial charge in [-0.1, -0.05) is 87.9 Å². The van der Waals surface area contributed by atoms with Crippen LogP contribution in [-0.4, -0.2) is 10.7 Å². The molecule has 39 heavy (non-hydrogen) atoms. The van der Waals surface area contributed by atoms with Crippen LogP contribution in [0.3, 0.4) is 0 Å². The number of hydrogen-bond acceptors (Lipinski definition) is 6. The van der Waals surface area contributed by atoms with Gasteiger partial charge in [0.1, 0.15) is 5.58 Å². The van der Waals surface area contributed by atoms with E-state index in [4.69, 9.17) is 14.5 Å². The van der Waals surface area contributed by atoms with E-state index < -0.39 is 0 Å². The van der Waals surface area contributed by atoms with Gasteiger partial charge in [0.25, 0.3) is 0 Å². The Morgan fingerprint density at radius 3 is 2.62 bits per heavy atom. The smallest absolute Gasteiger partial charge is 0.345 e. The minimum atomic E-state index is -0.367. The maximum Gasteiger partial charge on any atom is 0.345 e. The Balaban J connectivity index is 1.32. The molecule has 7 heteroatoms. The summed E-state index contributed by atoms with van der Waals surface area (Å²) >= 11 is 4.99. The second kappa shape index (κ2) is 10.1. The first kappa shape index (κ1) is 24.2. The molecule has 2 aromatic heterocycles. The number of hydrogen-bond donors (Lipinski definition) is 0.